The molecule has 0 saturated heterocycles. The maximum Gasteiger partial charge on any atom is 0.123 e. The fourth-order valence-electron chi connectivity index (χ4n) is 1.39. The Morgan fingerprint density at radius 1 is 1.38 bits per heavy atom. The van der Waals surface area contributed by atoms with Crippen molar-refractivity contribution in [1.82, 2.24) is 0 Å². The summed E-state index contributed by atoms with van der Waals surface area (Å²) in [6.45, 7) is 2.45. The van der Waals surface area contributed by atoms with Crippen molar-refractivity contribution in [3.8, 4) is 0 Å². The van der Waals surface area contributed by atoms with Gasteiger partial charge in [-0.1, -0.05) is 0 Å². The summed E-state index contributed by atoms with van der Waals surface area (Å²) in [4.78, 5) is 0. The Bertz CT molecular complexity index is 315. The van der Waals surface area contributed by atoms with E-state index in [0.29, 0.717) is 13.0 Å². The van der Waals surface area contributed by atoms with Crippen LogP contribution in [0.25, 0.3) is 0 Å². The molecular weight excluding hydrogens is 209 g/mol. The molecule has 1 unspecified atom stereocenters. The fraction of sp³-hybridized carbons (Fsp3) is 0.500. The molecule has 3 nitrogen and oxygen atoms in total. The van der Waals surface area contributed by atoms with Crippen molar-refractivity contribution in [2.75, 3.05) is 25.6 Å². The van der Waals surface area contributed by atoms with Crippen LogP contribution in [-0.4, -0.2) is 31.0 Å². The SMILES string of the molecule is COCCC(C)(CO)Nc1ccc(F)cc1. The largest absolute Gasteiger partial charge is 0.394 e. The summed E-state index contributed by atoms with van der Waals surface area (Å²) in [7, 11) is 1.62. The molecule has 0 fully saturated rings. The molecule has 1 atom stereocenters. The molecule has 0 aliphatic rings. The Labute approximate surface area is 95.2 Å². The monoisotopic (exact) mass is 227 g/mol. The molecule has 1 aromatic rings. The van der Waals surface area contributed by atoms with Gasteiger partial charge in [0, 0.05) is 19.4 Å². The van der Waals surface area contributed by atoms with Gasteiger partial charge in [-0.25, -0.2) is 4.39 Å². The number of hydrogen-bond acceptors (Lipinski definition) is 3. The van der Waals surface area contributed by atoms with Crippen molar-refractivity contribution in [1.29, 1.82) is 0 Å². The Morgan fingerprint density at radius 2 is 2.00 bits per heavy atom. The van der Waals surface area contributed by atoms with Crippen molar-refractivity contribution < 1.29 is 14.2 Å². The third-order valence-electron chi connectivity index (χ3n) is 2.50. The fourth-order valence-corrected chi connectivity index (χ4v) is 1.39. The number of benzene rings is 1. The maximum absolute atomic E-state index is 12.7. The van der Waals surface area contributed by atoms with Crippen molar-refractivity contribution in [3.63, 3.8) is 0 Å². The van der Waals surface area contributed by atoms with E-state index < -0.39 is 5.54 Å². The third-order valence-corrected chi connectivity index (χ3v) is 2.50. The lowest BCUT2D eigenvalue weighted by molar-refractivity contribution is 0.146. The van der Waals surface area contributed by atoms with E-state index in [0.717, 1.165) is 5.69 Å². The van der Waals surface area contributed by atoms with Crippen molar-refractivity contribution in [3.05, 3.63) is 30.1 Å². The minimum absolute atomic E-state index is 0.00621. The molecule has 4 heteroatoms. The number of ether oxygens (including phenoxy) is 1. The van der Waals surface area contributed by atoms with Gasteiger partial charge in [-0.15, -0.1) is 0 Å². The van der Waals surface area contributed by atoms with Gasteiger partial charge in [-0.2, -0.15) is 0 Å². The van der Waals surface area contributed by atoms with Gasteiger partial charge in [-0.05, 0) is 37.6 Å². The lowest BCUT2D eigenvalue weighted by Crippen LogP contribution is -2.39. The van der Waals surface area contributed by atoms with Gasteiger partial charge in [0.25, 0.3) is 0 Å². The Kier molecular flexibility index (Phi) is 4.71. The van der Waals surface area contributed by atoms with Gasteiger partial charge >= 0.3 is 0 Å². The zero-order valence-corrected chi connectivity index (χ0v) is 9.66. The van der Waals surface area contributed by atoms with E-state index in [-0.39, 0.29) is 12.4 Å². The average molecular weight is 227 g/mol. The quantitative estimate of drug-likeness (QED) is 0.781. The van der Waals surface area contributed by atoms with Gasteiger partial charge in [0.05, 0.1) is 12.1 Å². The predicted octanol–water partition coefficient (Wildman–Crippen LogP) is 2.03. The predicted molar refractivity (Wildman–Crippen MR) is 62.0 cm³/mol. The molecule has 0 aliphatic heterocycles. The van der Waals surface area contributed by atoms with Crippen LogP contribution in [0.2, 0.25) is 0 Å². The van der Waals surface area contributed by atoms with Gasteiger partial charge in [0.1, 0.15) is 5.82 Å². The van der Waals surface area contributed by atoms with E-state index >= 15 is 0 Å². The van der Waals surface area contributed by atoms with E-state index in [2.05, 4.69) is 5.32 Å². The highest BCUT2D eigenvalue weighted by atomic mass is 19.1. The summed E-state index contributed by atoms with van der Waals surface area (Å²) in [6.07, 6.45) is 0.678. The Balaban J connectivity index is 2.64. The minimum Gasteiger partial charge on any atom is -0.394 e. The first-order valence-electron chi connectivity index (χ1n) is 5.23. The summed E-state index contributed by atoms with van der Waals surface area (Å²) >= 11 is 0. The lowest BCUT2D eigenvalue weighted by atomic mass is 9.99. The van der Waals surface area contributed by atoms with Crippen molar-refractivity contribution in [2.24, 2.45) is 0 Å². The number of rotatable bonds is 6. The first-order chi connectivity index (χ1) is 7.59. The third kappa shape index (κ3) is 3.79. The summed E-state index contributed by atoms with van der Waals surface area (Å²) < 4.78 is 17.7. The van der Waals surface area contributed by atoms with E-state index in [9.17, 15) is 9.50 Å². The first-order valence-corrected chi connectivity index (χ1v) is 5.23. The number of halogens is 1. The van der Waals surface area contributed by atoms with Crippen LogP contribution in [0.15, 0.2) is 24.3 Å². The Hall–Kier alpha value is -1.13. The number of hydrogen-bond donors (Lipinski definition) is 2. The summed E-state index contributed by atoms with van der Waals surface area (Å²) in [5, 5.41) is 12.5. The highest BCUT2D eigenvalue weighted by molar-refractivity contribution is 5.45. The van der Waals surface area contributed by atoms with Gasteiger partial charge in [0.15, 0.2) is 0 Å². The van der Waals surface area contributed by atoms with Gasteiger partial charge < -0.3 is 15.2 Å². The molecule has 0 aromatic heterocycles. The summed E-state index contributed by atoms with van der Waals surface area (Å²) in [6, 6.07) is 6.07. The number of anilines is 1. The molecule has 0 heterocycles. The second-order valence-electron chi connectivity index (χ2n) is 4.09. The van der Waals surface area contributed by atoms with E-state index in [4.69, 9.17) is 4.74 Å². The lowest BCUT2D eigenvalue weighted by Gasteiger charge is -2.29. The van der Waals surface area contributed by atoms with Crippen LogP contribution in [0, 0.1) is 5.82 Å². The topological polar surface area (TPSA) is 41.5 Å². The van der Waals surface area contributed by atoms with Crippen LogP contribution in [-0.2, 0) is 4.74 Å². The second-order valence-corrected chi connectivity index (χ2v) is 4.09. The number of aliphatic hydroxyl groups excluding tert-OH is 1. The van der Waals surface area contributed by atoms with Crippen LogP contribution in [0.5, 0.6) is 0 Å². The molecule has 1 rings (SSSR count). The highest BCUT2D eigenvalue weighted by Gasteiger charge is 2.22. The van der Waals surface area contributed by atoms with Crippen molar-refractivity contribution in [2.45, 2.75) is 18.9 Å². The van der Waals surface area contributed by atoms with E-state index in [1.54, 1.807) is 19.2 Å². The number of aliphatic hydroxyl groups is 1. The minimum atomic E-state index is -0.451. The molecular formula is C12H18FNO2. The van der Waals surface area contributed by atoms with Crippen molar-refractivity contribution >= 4 is 5.69 Å². The van der Waals surface area contributed by atoms with E-state index in [1.807, 2.05) is 6.92 Å². The smallest absolute Gasteiger partial charge is 0.123 e. The molecule has 0 radical (unpaired) electrons. The van der Waals surface area contributed by atoms with Crippen LogP contribution in [0.1, 0.15) is 13.3 Å². The first kappa shape index (κ1) is 12.9. The molecule has 0 spiro atoms. The molecule has 2 N–H and O–H groups in total. The molecule has 1 aromatic carbocycles. The van der Waals surface area contributed by atoms with E-state index in [1.165, 1.54) is 12.1 Å². The number of methoxy groups -OCH3 is 1. The van der Waals surface area contributed by atoms with Gasteiger partial charge in [0.2, 0.25) is 0 Å². The van der Waals surface area contributed by atoms with Gasteiger partial charge in [-0.3, -0.25) is 0 Å². The molecule has 16 heavy (non-hydrogen) atoms. The molecule has 0 amide bonds. The maximum atomic E-state index is 12.7. The zero-order chi connectivity index (χ0) is 12.0. The standard InChI is InChI=1S/C12H18FNO2/c1-12(9-15,7-8-16-2)14-11-5-3-10(13)4-6-11/h3-6,14-15H,7-9H2,1-2H3. The second kappa shape index (κ2) is 5.82. The summed E-state index contributed by atoms with van der Waals surface area (Å²) in [5.74, 6) is -0.270. The molecule has 0 bridgehead atoms. The molecule has 90 valence electrons. The summed E-state index contributed by atoms with van der Waals surface area (Å²) in [5.41, 5.74) is 0.336. The van der Waals surface area contributed by atoms with Crippen LogP contribution in [0.3, 0.4) is 0 Å². The number of nitrogens with one attached hydrogen (secondary N) is 1. The highest BCUT2D eigenvalue weighted by Crippen LogP contribution is 2.18. The molecule has 0 saturated carbocycles. The van der Waals surface area contributed by atoms with Crippen LogP contribution >= 0.6 is 0 Å². The normalized spacial score (nSPS) is 14.5. The molecule has 0 aliphatic carbocycles. The van der Waals surface area contributed by atoms with Crippen LogP contribution in [0.4, 0.5) is 10.1 Å². The Morgan fingerprint density at radius 3 is 2.50 bits per heavy atom. The zero-order valence-electron chi connectivity index (χ0n) is 9.66. The van der Waals surface area contributed by atoms with Crippen LogP contribution < -0.4 is 5.32 Å². The average Bonchev–Trinajstić information content (AvgIpc) is 2.30.